The molecule has 1 aromatic heterocycles. The van der Waals surface area contributed by atoms with E-state index in [0.29, 0.717) is 18.0 Å². The molecule has 0 aliphatic carbocycles. The number of nitrogens with one attached hydrogen (secondary N) is 2. The minimum Gasteiger partial charge on any atom is -0.457 e. The largest absolute Gasteiger partial charge is 0.457 e. The molecule has 3 rings (SSSR count). The average molecular weight is 365 g/mol. The predicted octanol–water partition coefficient (Wildman–Crippen LogP) is 4.57. The minimum absolute atomic E-state index is 0.0416. The first-order chi connectivity index (χ1) is 13.2. The number of anilines is 1. The summed E-state index contributed by atoms with van der Waals surface area (Å²) in [5.41, 5.74) is 1.44. The first-order valence-electron chi connectivity index (χ1n) is 8.87. The number of nitrogens with zero attached hydrogens (tertiary/aromatic N) is 1. The lowest BCUT2D eigenvalue weighted by molar-refractivity contribution is 0.165. The molecule has 0 unspecified atom stereocenters. The van der Waals surface area contributed by atoms with Crippen molar-refractivity contribution in [2.24, 2.45) is 0 Å². The maximum absolute atomic E-state index is 12.3. The number of ether oxygens (including phenoxy) is 2. The van der Waals surface area contributed by atoms with E-state index in [1.165, 1.54) is 0 Å². The van der Waals surface area contributed by atoms with Gasteiger partial charge in [0.15, 0.2) is 0 Å². The number of hydrogen-bond acceptors (Lipinski definition) is 4. The Morgan fingerprint density at radius 2 is 1.93 bits per heavy atom. The second-order valence-corrected chi connectivity index (χ2v) is 6.11. The Kier molecular flexibility index (Phi) is 6.22. The first-order valence-corrected chi connectivity index (χ1v) is 8.87. The van der Waals surface area contributed by atoms with Crippen LogP contribution in [0, 0.1) is 0 Å². The SMILES string of the molecule is CC[C@H](COC)NC(=O)Nc1ccnc2ccc(Oc3ccccc3)cc12. The number of benzene rings is 2. The van der Waals surface area contributed by atoms with Gasteiger partial charge in [-0.1, -0.05) is 25.1 Å². The fourth-order valence-electron chi connectivity index (χ4n) is 2.73. The Hall–Kier alpha value is -3.12. The summed E-state index contributed by atoms with van der Waals surface area (Å²) in [4.78, 5) is 16.7. The molecular weight excluding hydrogens is 342 g/mol. The molecule has 0 aliphatic rings. The van der Waals surface area contributed by atoms with E-state index in [0.717, 1.165) is 23.1 Å². The van der Waals surface area contributed by atoms with Crippen LogP contribution in [-0.4, -0.2) is 30.8 Å². The van der Waals surface area contributed by atoms with Crippen molar-refractivity contribution in [1.82, 2.24) is 10.3 Å². The number of hydrogen-bond donors (Lipinski definition) is 2. The van der Waals surface area contributed by atoms with Crippen LogP contribution in [0.4, 0.5) is 10.5 Å². The molecule has 140 valence electrons. The van der Waals surface area contributed by atoms with Crippen LogP contribution in [0.5, 0.6) is 11.5 Å². The molecule has 0 spiro atoms. The monoisotopic (exact) mass is 365 g/mol. The van der Waals surface area contributed by atoms with Crippen molar-refractivity contribution in [1.29, 1.82) is 0 Å². The molecule has 0 bridgehead atoms. The topological polar surface area (TPSA) is 72.5 Å². The molecule has 3 aromatic rings. The molecule has 1 heterocycles. The number of aromatic nitrogens is 1. The van der Waals surface area contributed by atoms with E-state index >= 15 is 0 Å². The van der Waals surface area contributed by atoms with Crippen LogP contribution in [0.25, 0.3) is 10.9 Å². The lowest BCUT2D eigenvalue weighted by Crippen LogP contribution is -2.40. The molecular formula is C21H23N3O3. The Balaban J connectivity index is 1.80. The van der Waals surface area contributed by atoms with E-state index in [4.69, 9.17) is 9.47 Å². The highest BCUT2D eigenvalue weighted by Crippen LogP contribution is 2.28. The zero-order chi connectivity index (χ0) is 19.1. The van der Waals surface area contributed by atoms with Crippen molar-refractivity contribution in [3.8, 4) is 11.5 Å². The second-order valence-electron chi connectivity index (χ2n) is 6.11. The summed E-state index contributed by atoms with van der Waals surface area (Å²) in [6, 6.07) is 16.6. The van der Waals surface area contributed by atoms with Crippen LogP contribution in [-0.2, 0) is 4.74 Å². The van der Waals surface area contributed by atoms with Crippen LogP contribution in [0.3, 0.4) is 0 Å². The Morgan fingerprint density at radius 1 is 1.11 bits per heavy atom. The number of rotatable bonds is 7. The van der Waals surface area contributed by atoms with Crippen LogP contribution in [0.1, 0.15) is 13.3 Å². The molecule has 0 aliphatic heterocycles. The van der Waals surface area contributed by atoms with Crippen molar-refractivity contribution in [3.63, 3.8) is 0 Å². The van der Waals surface area contributed by atoms with E-state index in [2.05, 4.69) is 15.6 Å². The zero-order valence-corrected chi connectivity index (χ0v) is 15.4. The van der Waals surface area contributed by atoms with Gasteiger partial charge in [-0.15, -0.1) is 0 Å². The van der Waals surface area contributed by atoms with Gasteiger partial charge >= 0.3 is 6.03 Å². The number of fused-ring (bicyclic) bond motifs is 1. The summed E-state index contributed by atoms with van der Waals surface area (Å²) in [5, 5.41) is 6.61. The molecule has 0 saturated heterocycles. The Morgan fingerprint density at radius 3 is 2.67 bits per heavy atom. The predicted molar refractivity (Wildman–Crippen MR) is 106 cm³/mol. The number of carbonyl (C=O) groups is 1. The molecule has 0 saturated carbocycles. The van der Waals surface area contributed by atoms with Crippen LogP contribution in [0.15, 0.2) is 60.8 Å². The minimum atomic E-state index is -0.277. The van der Waals surface area contributed by atoms with Crippen molar-refractivity contribution in [2.75, 3.05) is 19.0 Å². The van der Waals surface area contributed by atoms with Crippen molar-refractivity contribution >= 4 is 22.6 Å². The van der Waals surface area contributed by atoms with Gasteiger partial charge in [0.05, 0.1) is 23.9 Å². The van der Waals surface area contributed by atoms with Gasteiger partial charge in [0.25, 0.3) is 0 Å². The highest BCUT2D eigenvalue weighted by atomic mass is 16.5. The number of amides is 2. The van der Waals surface area contributed by atoms with Gasteiger partial charge in [-0.3, -0.25) is 4.98 Å². The third kappa shape index (κ3) is 4.95. The summed E-state index contributed by atoms with van der Waals surface area (Å²) >= 11 is 0. The van der Waals surface area contributed by atoms with Gasteiger partial charge in [-0.05, 0) is 42.8 Å². The molecule has 2 amide bonds. The molecule has 2 aromatic carbocycles. The quantitative estimate of drug-likeness (QED) is 0.643. The summed E-state index contributed by atoms with van der Waals surface area (Å²) in [5.74, 6) is 1.43. The first kappa shape index (κ1) is 18.7. The third-order valence-electron chi connectivity index (χ3n) is 4.14. The molecule has 0 fully saturated rings. The van der Waals surface area contributed by atoms with Crippen LogP contribution < -0.4 is 15.4 Å². The molecule has 1 atom stereocenters. The fourth-order valence-corrected chi connectivity index (χ4v) is 2.73. The smallest absolute Gasteiger partial charge is 0.319 e. The fraction of sp³-hybridized carbons (Fsp3) is 0.238. The number of pyridine rings is 1. The van der Waals surface area contributed by atoms with E-state index in [9.17, 15) is 4.79 Å². The lowest BCUT2D eigenvalue weighted by Gasteiger charge is -2.17. The van der Waals surface area contributed by atoms with Gasteiger partial charge < -0.3 is 20.1 Å². The highest BCUT2D eigenvalue weighted by molar-refractivity contribution is 6.00. The van der Waals surface area contributed by atoms with E-state index in [-0.39, 0.29) is 12.1 Å². The highest BCUT2D eigenvalue weighted by Gasteiger charge is 2.12. The van der Waals surface area contributed by atoms with Gasteiger partial charge in [0.1, 0.15) is 11.5 Å². The average Bonchev–Trinajstić information content (AvgIpc) is 2.69. The van der Waals surface area contributed by atoms with E-state index < -0.39 is 0 Å². The zero-order valence-electron chi connectivity index (χ0n) is 15.4. The number of urea groups is 1. The molecule has 6 nitrogen and oxygen atoms in total. The van der Waals surface area contributed by atoms with Crippen LogP contribution in [0.2, 0.25) is 0 Å². The van der Waals surface area contributed by atoms with E-state index in [1.54, 1.807) is 19.4 Å². The maximum Gasteiger partial charge on any atom is 0.319 e. The molecule has 0 radical (unpaired) electrons. The van der Waals surface area contributed by atoms with Crippen molar-refractivity contribution in [2.45, 2.75) is 19.4 Å². The Labute approximate surface area is 158 Å². The van der Waals surface area contributed by atoms with Crippen molar-refractivity contribution in [3.05, 3.63) is 60.8 Å². The maximum atomic E-state index is 12.3. The van der Waals surface area contributed by atoms with E-state index in [1.807, 2.05) is 55.5 Å². The third-order valence-corrected chi connectivity index (χ3v) is 4.14. The number of carbonyl (C=O) groups excluding carboxylic acids is 1. The summed E-state index contributed by atoms with van der Waals surface area (Å²) in [7, 11) is 1.62. The van der Waals surface area contributed by atoms with Gasteiger partial charge in [0.2, 0.25) is 0 Å². The molecule has 6 heteroatoms. The van der Waals surface area contributed by atoms with Gasteiger partial charge in [-0.25, -0.2) is 4.79 Å². The molecule has 2 N–H and O–H groups in total. The van der Waals surface area contributed by atoms with Gasteiger partial charge in [0, 0.05) is 18.7 Å². The molecule has 27 heavy (non-hydrogen) atoms. The summed E-state index contributed by atoms with van der Waals surface area (Å²) in [6.07, 6.45) is 2.45. The number of methoxy groups -OCH3 is 1. The van der Waals surface area contributed by atoms with Crippen LogP contribution >= 0.6 is 0 Å². The normalized spacial score (nSPS) is 11.8. The Bertz CT molecular complexity index is 900. The summed E-state index contributed by atoms with van der Waals surface area (Å²) in [6.45, 7) is 2.47. The lowest BCUT2D eigenvalue weighted by atomic mass is 10.1. The van der Waals surface area contributed by atoms with Crippen molar-refractivity contribution < 1.29 is 14.3 Å². The summed E-state index contributed by atoms with van der Waals surface area (Å²) < 4.78 is 11.0. The number of para-hydroxylation sites is 1. The second kappa shape index (κ2) is 9.00. The van der Waals surface area contributed by atoms with Gasteiger partial charge in [-0.2, -0.15) is 0 Å². The standard InChI is InChI=1S/C21H23N3O3/c1-3-15(14-26-2)23-21(25)24-20-11-12-22-19-10-9-17(13-18(19)20)27-16-7-5-4-6-8-16/h4-13,15H,3,14H2,1-2H3,(H2,22,23,24,25)/t15-/m1/s1.